The average molecular weight is 296 g/mol. The molecule has 1 unspecified atom stereocenters. The molecule has 22 heavy (non-hydrogen) atoms. The maximum absolute atomic E-state index is 12.3. The van der Waals surface area contributed by atoms with Crippen molar-refractivity contribution < 1.29 is 14.6 Å². The normalized spacial score (nSPS) is 12.4. The lowest BCUT2D eigenvalue weighted by molar-refractivity contribution is 0.433. The highest BCUT2D eigenvalue weighted by atomic mass is 16.4. The van der Waals surface area contributed by atoms with Crippen LogP contribution in [0.15, 0.2) is 57.7 Å². The second kappa shape index (κ2) is 5.56. The summed E-state index contributed by atoms with van der Waals surface area (Å²) < 4.78 is 5.24. The summed E-state index contributed by atoms with van der Waals surface area (Å²) in [6.45, 7) is 1.95. The first-order chi connectivity index (χ1) is 10.6. The minimum atomic E-state index is -0.623. The quantitative estimate of drug-likeness (QED) is 0.722. The van der Waals surface area contributed by atoms with E-state index in [0.717, 1.165) is 5.56 Å². The lowest BCUT2D eigenvalue weighted by atomic mass is 9.89. The van der Waals surface area contributed by atoms with Gasteiger partial charge in [-0.3, -0.25) is 0 Å². The molecule has 2 N–H and O–H groups in total. The van der Waals surface area contributed by atoms with Crippen molar-refractivity contribution in [2.24, 2.45) is 0 Å². The van der Waals surface area contributed by atoms with Gasteiger partial charge in [0.2, 0.25) is 0 Å². The molecule has 0 saturated heterocycles. The Morgan fingerprint density at radius 2 is 1.77 bits per heavy atom. The van der Waals surface area contributed by atoms with Gasteiger partial charge in [0, 0.05) is 5.92 Å². The van der Waals surface area contributed by atoms with Crippen molar-refractivity contribution in [2.75, 3.05) is 0 Å². The topological polar surface area (TPSA) is 70.7 Å². The van der Waals surface area contributed by atoms with Gasteiger partial charge in [-0.15, -0.1) is 0 Å². The van der Waals surface area contributed by atoms with Gasteiger partial charge in [-0.05, 0) is 24.1 Å². The van der Waals surface area contributed by atoms with Crippen LogP contribution in [0.4, 0.5) is 0 Å². The van der Waals surface area contributed by atoms with Crippen LogP contribution in [0.5, 0.6) is 11.5 Å². The summed E-state index contributed by atoms with van der Waals surface area (Å²) in [6, 6.07) is 14.2. The van der Waals surface area contributed by atoms with E-state index in [2.05, 4.69) is 0 Å². The Balaban J connectivity index is 2.29. The molecule has 4 heteroatoms. The van der Waals surface area contributed by atoms with E-state index in [-0.39, 0.29) is 28.6 Å². The van der Waals surface area contributed by atoms with Crippen molar-refractivity contribution in [3.8, 4) is 11.5 Å². The lowest BCUT2D eigenvalue weighted by Crippen LogP contribution is -2.13. The summed E-state index contributed by atoms with van der Waals surface area (Å²) in [6.07, 6.45) is 0.645. The van der Waals surface area contributed by atoms with Crippen molar-refractivity contribution in [2.45, 2.75) is 19.3 Å². The molecule has 1 atom stereocenters. The largest absolute Gasteiger partial charge is 0.507 e. The number of hydrogen-bond donors (Lipinski definition) is 2. The summed E-state index contributed by atoms with van der Waals surface area (Å²) in [5.74, 6) is -0.550. The SMILES string of the molecule is CCC(c1ccccc1)c1c(O)c2cccc(O)c2oc1=O. The van der Waals surface area contributed by atoms with E-state index in [9.17, 15) is 15.0 Å². The van der Waals surface area contributed by atoms with E-state index in [4.69, 9.17) is 4.42 Å². The predicted molar refractivity (Wildman–Crippen MR) is 84.4 cm³/mol. The number of phenolic OH excluding ortho intramolecular Hbond substituents is 1. The van der Waals surface area contributed by atoms with Gasteiger partial charge < -0.3 is 14.6 Å². The summed E-state index contributed by atoms with van der Waals surface area (Å²) >= 11 is 0. The van der Waals surface area contributed by atoms with Crippen LogP contribution in [0, 0.1) is 0 Å². The molecule has 0 amide bonds. The Hall–Kier alpha value is -2.75. The first-order valence-electron chi connectivity index (χ1n) is 7.16. The number of para-hydroxylation sites is 1. The zero-order valence-corrected chi connectivity index (χ0v) is 12.1. The first-order valence-corrected chi connectivity index (χ1v) is 7.16. The molecule has 0 bridgehead atoms. The Bertz CT molecular complexity index is 865. The second-order valence-electron chi connectivity index (χ2n) is 5.18. The number of fused-ring (bicyclic) bond motifs is 1. The van der Waals surface area contributed by atoms with Gasteiger partial charge in [0.05, 0.1) is 10.9 Å². The maximum atomic E-state index is 12.3. The Kier molecular flexibility index (Phi) is 3.59. The molecule has 0 saturated carbocycles. The van der Waals surface area contributed by atoms with E-state index in [1.54, 1.807) is 12.1 Å². The monoisotopic (exact) mass is 296 g/mol. The van der Waals surface area contributed by atoms with E-state index in [1.807, 2.05) is 37.3 Å². The summed E-state index contributed by atoms with van der Waals surface area (Å²) in [5.41, 5.74) is 0.553. The smallest absolute Gasteiger partial charge is 0.343 e. The standard InChI is InChI=1S/C18H16O4/c1-2-12(11-7-4-3-5-8-11)15-16(20)13-9-6-10-14(19)17(13)22-18(15)21/h3-10,12,19-20H,2H2,1H3. The van der Waals surface area contributed by atoms with Crippen LogP contribution in [-0.4, -0.2) is 10.2 Å². The van der Waals surface area contributed by atoms with Crippen molar-refractivity contribution in [1.29, 1.82) is 0 Å². The molecule has 1 aromatic heterocycles. The molecular weight excluding hydrogens is 280 g/mol. The Labute approximate surface area is 127 Å². The molecule has 0 aliphatic rings. The lowest BCUT2D eigenvalue weighted by Gasteiger charge is -2.16. The highest BCUT2D eigenvalue weighted by Gasteiger charge is 2.23. The molecule has 0 aliphatic heterocycles. The zero-order valence-electron chi connectivity index (χ0n) is 12.1. The fourth-order valence-corrected chi connectivity index (χ4v) is 2.81. The molecule has 3 rings (SSSR count). The minimum Gasteiger partial charge on any atom is -0.507 e. The van der Waals surface area contributed by atoms with Gasteiger partial charge in [0.15, 0.2) is 11.3 Å². The minimum absolute atomic E-state index is 0.0108. The van der Waals surface area contributed by atoms with E-state index in [0.29, 0.717) is 11.8 Å². The zero-order chi connectivity index (χ0) is 15.7. The number of rotatable bonds is 3. The van der Waals surface area contributed by atoms with Gasteiger partial charge in [-0.1, -0.05) is 43.3 Å². The van der Waals surface area contributed by atoms with Crippen molar-refractivity contribution in [1.82, 2.24) is 0 Å². The fraction of sp³-hybridized carbons (Fsp3) is 0.167. The molecule has 0 spiro atoms. The van der Waals surface area contributed by atoms with Crippen LogP contribution in [0.25, 0.3) is 11.0 Å². The number of benzene rings is 2. The number of aromatic hydroxyl groups is 2. The third-order valence-electron chi connectivity index (χ3n) is 3.88. The van der Waals surface area contributed by atoms with Crippen molar-refractivity contribution in [3.05, 3.63) is 70.1 Å². The van der Waals surface area contributed by atoms with Gasteiger partial charge in [-0.25, -0.2) is 4.79 Å². The van der Waals surface area contributed by atoms with Crippen LogP contribution >= 0.6 is 0 Å². The van der Waals surface area contributed by atoms with E-state index < -0.39 is 5.63 Å². The molecule has 1 heterocycles. The van der Waals surface area contributed by atoms with E-state index >= 15 is 0 Å². The Morgan fingerprint density at radius 3 is 2.45 bits per heavy atom. The molecule has 4 nitrogen and oxygen atoms in total. The van der Waals surface area contributed by atoms with Crippen molar-refractivity contribution in [3.63, 3.8) is 0 Å². The Morgan fingerprint density at radius 1 is 1.05 bits per heavy atom. The molecule has 2 aromatic carbocycles. The maximum Gasteiger partial charge on any atom is 0.343 e. The van der Waals surface area contributed by atoms with Crippen LogP contribution in [-0.2, 0) is 0 Å². The van der Waals surface area contributed by atoms with Crippen LogP contribution in [0.2, 0.25) is 0 Å². The molecule has 0 aliphatic carbocycles. The van der Waals surface area contributed by atoms with Gasteiger partial charge in [0.25, 0.3) is 0 Å². The highest BCUT2D eigenvalue weighted by molar-refractivity contribution is 5.88. The molecule has 3 aromatic rings. The highest BCUT2D eigenvalue weighted by Crippen LogP contribution is 2.37. The van der Waals surface area contributed by atoms with Gasteiger partial charge in [0.1, 0.15) is 5.75 Å². The van der Waals surface area contributed by atoms with Crippen LogP contribution < -0.4 is 5.63 Å². The molecular formula is C18H16O4. The summed E-state index contributed by atoms with van der Waals surface area (Å²) in [4.78, 5) is 12.3. The molecule has 112 valence electrons. The van der Waals surface area contributed by atoms with Crippen LogP contribution in [0.1, 0.15) is 30.4 Å². The van der Waals surface area contributed by atoms with Crippen LogP contribution in [0.3, 0.4) is 0 Å². The second-order valence-corrected chi connectivity index (χ2v) is 5.18. The number of hydrogen-bond acceptors (Lipinski definition) is 4. The number of phenols is 1. The predicted octanol–water partition coefficient (Wildman–Crippen LogP) is 3.75. The summed E-state index contributed by atoms with van der Waals surface area (Å²) in [7, 11) is 0. The van der Waals surface area contributed by atoms with E-state index in [1.165, 1.54) is 6.07 Å². The van der Waals surface area contributed by atoms with Gasteiger partial charge >= 0.3 is 5.63 Å². The molecule has 0 fully saturated rings. The van der Waals surface area contributed by atoms with Gasteiger partial charge in [-0.2, -0.15) is 0 Å². The fourth-order valence-electron chi connectivity index (χ4n) is 2.81. The average Bonchev–Trinajstić information content (AvgIpc) is 2.53. The van der Waals surface area contributed by atoms with Crippen molar-refractivity contribution >= 4 is 11.0 Å². The summed E-state index contributed by atoms with van der Waals surface area (Å²) in [5, 5.41) is 20.7. The first kappa shape index (κ1) is 14.2. The third kappa shape index (κ3) is 2.22. The third-order valence-corrected chi connectivity index (χ3v) is 3.88. The molecule has 0 radical (unpaired) electrons.